The summed E-state index contributed by atoms with van der Waals surface area (Å²) in [5.74, 6) is 6.74. The molecule has 0 aliphatic heterocycles. The Balaban J connectivity index is 1.44. The van der Waals surface area contributed by atoms with Gasteiger partial charge in [-0.1, -0.05) is 30.0 Å². The SMILES string of the molecule is Cc1cc(C)n(-c2nnc(SCC(=O)N(c3ccc(Nc4ccccc4)cc3)C(C)C)n2N)n1. The molecule has 0 aliphatic carbocycles. The normalized spacial score (nSPS) is 11.1. The van der Waals surface area contributed by atoms with Crippen molar-refractivity contribution in [3.63, 3.8) is 0 Å². The number of nitrogens with zero attached hydrogens (tertiary/aromatic N) is 6. The molecule has 2 heterocycles. The Labute approximate surface area is 202 Å². The predicted octanol–water partition coefficient (Wildman–Crippen LogP) is 4.07. The molecule has 176 valence electrons. The Morgan fingerprint density at radius 1 is 1.06 bits per heavy atom. The van der Waals surface area contributed by atoms with Crippen LogP contribution in [0.2, 0.25) is 0 Å². The molecule has 0 bridgehead atoms. The van der Waals surface area contributed by atoms with Crippen LogP contribution in [-0.4, -0.2) is 42.4 Å². The van der Waals surface area contributed by atoms with Gasteiger partial charge < -0.3 is 16.1 Å². The minimum atomic E-state index is -0.0422. The van der Waals surface area contributed by atoms with Crippen LogP contribution in [0.3, 0.4) is 0 Å². The lowest BCUT2D eigenvalue weighted by molar-refractivity contribution is -0.116. The van der Waals surface area contributed by atoms with Gasteiger partial charge in [-0.2, -0.15) is 5.10 Å². The molecule has 10 heteroatoms. The molecular formula is C24H28N8OS. The van der Waals surface area contributed by atoms with Crippen molar-refractivity contribution in [2.75, 3.05) is 21.8 Å². The lowest BCUT2D eigenvalue weighted by Crippen LogP contribution is -2.38. The number of anilines is 3. The summed E-state index contributed by atoms with van der Waals surface area (Å²) in [6.07, 6.45) is 0. The van der Waals surface area contributed by atoms with E-state index in [1.807, 2.05) is 88.4 Å². The average Bonchev–Trinajstić information content (AvgIpc) is 3.34. The molecule has 0 saturated heterocycles. The summed E-state index contributed by atoms with van der Waals surface area (Å²) in [6, 6.07) is 19.7. The minimum Gasteiger partial charge on any atom is -0.356 e. The maximum Gasteiger partial charge on any atom is 0.271 e. The molecule has 0 radical (unpaired) electrons. The van der Waals surface area contributed by atoms with Crippen LogP contribution in [0, 0.1) is 13.8 Å². The predicted molar refractivity (Wildman–Crippen MR) is 136 cm³/mol. The first-order chi connectivity index (χ1) is 16.3. The van der Waals surface area contributed by atoms with Crippen LogP contribution in [0.5, 0.6) is 0 Å². The van der Waals surface area contributed by atoms with E-state index in [9.17, 15) is 4.79 Å². The van der Waals surface area contributed by atoms with Crippen LogP contribution in [-0.2, 0) is 4.79 Å². The molecule has 2 aromatic carbocycles. The van der Waals surface area contributed by atoms with Crippen molar-refractivity contribution < 1.29 is 4.79 Å². The highest BCUT2D eigenvalue weighted by molar-refractivity contribution is 7.99. The number of nitrogen functional groups attached to an aromatic ring is 1. The number of aryl methyl sites for hydroxylation is 2. The molecule has 1 amide bonds. The van der Waals surface area contributed by atoms with Crippen LogP contribution in [0.15, 0.2) is 65.8 Å². The number of carbonyl (C=O) groups is 1. The number of para-hydroxylation sites is 1. The highest BCUT2D eigenvalue weighted by atomic mass is 32.2. The number of nitrogens with one attached hydrogen (secondary N) is 1. The number of benzene rings is 2. The highest BCUT2D eigenvalue weighted by Crippen LogP contribution is 2.25. The molecule has 3 N–H and O–H groups in total. The van der Waals surface area contributed by atoms with Gasteiger partial charge in [-0.05, 0) is 70.2 Å². The monoisotopic (exact) mass is 476 g/mol. The first-order valence-corrected chi connectivity index (χ1v) is 11.9. The van der Waals surface area contributed by atoms with Crippen molar-refractivity contribution in [2.24, 2.45) is 0 Å². The van der Waals surface area contributed by atoms with Crippen LogP contribution >= 0.6 is 11.8 Å². The number of carbonyl (C=O) groups excluding carboxylic acids is 1. The van der Waals surface area contributed by atoms with E-state index in [0.717, 1.165) is 28.5 Å². The average molecular weight is 477 g/mol. The van der Waals surface area contributed by atoms with Crippen molar-refractivity contribution in [1.29, 1.82) is 0 Å². The van der Waals surface area contributed by atoms with E-state index in [-0.39, 0.29) is 17.7 Å². The van der Waals surface area contributed by atoms with Crippen molar-refractivity contribution >= 4 is 34.7 Å². The van der Waals surface area contributed by atoms with Crippen LogP contribution in [0.4, 0.5) is 17.1 Å². The fraction of sp³-hybridized carbons (Fsp3) is 0.250. The standard InChI is InChI=1S/C24H28N8OS/c1-16(2)30(21-12-10-20(11-13-21)26-19-8-6-5-7-9-19)22(33)15-34-24-28-27-23(31(24)25)32-18(4)14-17(3)29-32/h5-14,16,26H,15,25H2,1-4H3. The fourth-order valence-corrected chi connectivity index (χ4v) is 4.37. The Hall–Kier alpha value is -3.79. The minimum absolute atomic E-state index is 0.0120. The van der Waals surface area contributed by atoms with Crippen LogP contribution < -0.4 is 16.1 Å². The van der Waals surface area contributed by atoms with Crippen molar-refractivity contribution in [3.8, 4) is 5.95 Å². The molecule has 4 aromatic rings. The number of thioether (sulfide) groups is 1. The van der Waals surface area contributed by atoms with Gasteiger partial charge in [0.25, 0.3) is 5.95 Å². The molecule has 2 aromatic heterocycles. The highest BCUT2D eigenvalue weighted by Gasteiger charge is 2.21. The van der Waals surface area contributed by atoms with Crippen molar-refractivity contribution in [2.45, 2.75) is 38.9 Å². The van der Waals surface area contributed by atoms with Crippen LogP contribution in [0.1, 0.15) is 25.2 Å². The molecule has 0 fully saturated rings. The largest absolute Gasteiger partial charge is 0.356 e. The van der Waals surface area contributed by atoms with Gasteiger partial charge >= 0.3 is 0 Å². The Bertz CT molecular complexity index is 1260. The summed E-state index contributed by atoms with van der Waals surface area (Å²) < 4.78 is 3.00. The second-order valence-electron chi connectivity index (χ2n) is 8.18. The lowest BCUT2D eigenvalue weighted by atomic mass is 10.2. The molecule has 4 rings (SSSR count). The van der Waals surface area contributed by atoms with Crippen molar-refractivity contribution in [3.05, 3.63) is 72.1 Å². The molecule has 0 aliphatic rings. The first kappa shape index (κ1) is 23.4. The number of hydrogen-bond donors (Lipinski definition) is 2. The Kier molecular flexibility index (Phi) is 6.87. The van der Waals surface area contributed by atoms with Gasteiger partial charge in [0.05, 0.1) is 11.4 Å². The van der Waals surface area contributed by atoms with Gasteiger partial charge in [-0.25, -0.2) is 9.36 Å². The summed E-state index contributed by atoms with van der Waals surface area (Å²) in [4.78, 5) is 14.9. The zero-order chi connectivity index (χ0) is 24.2. The molecule has 0 atom stereocenters. The van der Waals surface area contributed by atoms with E-state index in [1.165, 1.54) is 16.4 Å². The number of rotatable bonds is 8. The first-order valence-electron chi connectivity index (χ1n) is 10.9. The lowest BCUT2D eigenvalue weighted by Gasteiger charge is -2.27. The summed E-state index contributed by atoms with van der Waals surface area (Å²) in [6.45, 7) is 7.81. The second-order valence-corrected chi connectivity index (χ2v) is 9.12. The van der Waals surface area contributed by atoms with E-state index < -0.39 is 0 Å². The summed E-state index contributed by atoms with van der Waals surface area (Å²) >= 11 is 1.25. The number of amides is 1. The Morgan fingerprint density at radius 2 is 1.74 bits per heavy atom. The zero-order valence-corrected chi connectivity index (χ0v) is 20.5. The van der Waals surface area contributed by atoms with Crippen molar-refractivity contribution in [1.82, 2.24) is 24.7 Å². The van der Waals surface area contributed by atoms with E-state index in [4.69, 9.17) is 5.84 Å². The van der Waals surface area contributed by atoms with E-state index in [0.29, 0.717) is 11.1 Å². The molecule has 9 nitrogen and oxygen atoms in total. The van der Waals surface area contributed by atoms with Gasteiger partial charge in [0, 0.05) is 28.8 Å². The van der Waals surface area contributed by atoms with Crippen LogP contribution in [0.25, 0.3) is 5.95 Å². The summed E-state index contributed by atoms with van der Waals surface area (Å²) in [5.41, 5.74) is 4.56. The molecule has 0 saturated carbocycles. The zero-order valence-electron chi connectivity index (χ0n) is 19.6. The summed E-state index contributed by atoms with van der Waals surface area (Å²) in [5, 5.41) is 16.5. The van der Waals surface area contributed by atoms with Gasteiger partial charge in [0.15, 0.2) is 0 Å². The molecule has 0 spiro atoms. The molecule has 0 unspecified atom stereocenters. The second kappa shape index (κ2) is 10.0. The topological polar surface area (TPSA) is 107 Å². The van der Waals surface area contributed by atoms with E-state index in [2.05, 4.69) is 20.6 Å². The van der Waals surface area contributed by atoms with Gasteiger partial charge in [-0.15, -0.1) is 10.2 Å². The third-order valence-corrected chi connectivity index (χ3v) is 6.09. The third kappa shape index (κ3) is 5.07. The molecule has 34 heavy (non-hydrogen) atoms. The summed E-state index contributed by atoms with van der Waals surface area (Å²) in [7, 11) is 0. The van der Waals surface area contributed by atoms with E-state index >= 15 is 0 Å². The third-order valence-electron chi connectivity index (χ3n) is 5.16. The van der Waals surface area contributed by atoms with Gasteiger partial charge in [0.2, 0.25) is 11.1 Å². The number of nitrogens with two attached hydrogens (primary N) is 1. The number of hydrogen-bond acceptors (Lipinski definition) is 7. The Morgan fingerprint density at radius 3 is 2.35 bits per heavy atom. The maximum absolute atomic E-state index is 13.2. The fourth-order valence-electron chi connectivity index (χ4n) is 3.66. The maximum atomic E-state index is 13.2. The smallest absolute Gasteiger partial charge is 0.271 e. The molecular weight excluding hydrogens is 448 g/mol. The number of aromatic nitrogens is 5. The van der Waals surface area contributed by atoms with E-state index in [1.54, 1.807) is 9.58 Å². The quantitative estimate of drug-likeness (QED) is 0.292. The van der Waals surface area contributed by atoms with Gasteiger partial charge in [-0.3, -0.25) is 4.79 Å². The van der Waals surface area contributed by atoms with Gasteiger partial charge in [0.1, 0.15) is 0 Å².